The van der Waals surface area contributed by atoms with Gasteiger partial charge >= 0.3 is 5.63 Å². The fraction of sp³-hybridized carbons (Fsp3) is 0.292. The molecule has 0 fully saturated rings. The molecule has 0 aliphatic carbocycles. The van der Waals surface area contributed by atoms with Gasteiger partial charge in [-0.1, -0.05) is 35.9 Å². The van der Waals surface area contributed by atoms with Gasteiger partial charge in [0.1, 0.15) is 34.6 Å². The first-order valence-corrected chi connectivity index (χ1v) is 11.1. The number of aryl methyl sites for hydroxylation is 1. The lowest BCUT2D eigenvalue weighted by Crippen LogP contribution is -2.04. The largest absolute Gasteiger partial charge is 0.493 e. The second-order valence-electron chi connectivity index (χ2n) is 7.88. The maximum absolute atomic E-state index is 11.7. The van der Waals surface area contributed by atoms with Gasteiger partial charge in [0, 0.05) is 6.54 Å². The monoisotopic (exact) mass is 444 g/mol. The van der Waals surface area contributed by atoms with Crippen LogP contribution in [0.3, 0.4) is 0 Å². The van der Waals surface area contributed by atoms with Crippen molar-refractivity contribution in [3.05, 3.63) is 76.9 Å². The summed E-state index contributed by atoms with van der Waals surface area (Å²) < 4.78 is 12.9. The maximum Gasteiger partial charge on any atom is 0.339 e. The van der Waals surface area contributed by atoms with E-state index in [9.17, 15) is 4.79 Å². The summed E-state index contributed by atoms with van der Waals surface area (Å²) in [5.41, 5.74) is 2.73. The topological polar surface area (TPSA) is 101 Å². The Morgan fingerprint density at radius 2 is 1.67 bits per heavy atom. The Morgan fingerprint density at radius 3 is 2.52 bits per heavy atom. The summed E-state index contributed by atoms with van der Waals surface area (Å²) in [6.45, 7) is 1.87. The van der Waals surface area contributed by atoms with E-state index in [0.717, 1.165) is 54.3 Å². The minimum atomic E-state index is -0.396. The highest BCUT2D eigenvalue weighted by atomic mass is 16.5. The first-order valence-electron chi connectivity index (χ1n) is 11.1. The maximum atomic E-state index is 11.7. The lowest BCUT2D eigenvalue weighted by Gasteiger charge is -2.08. The second-order valence-corrected chi connectivity index (χ2v) is 7.88. The highest BCUT2D eigenvalue weighted by Crippen LogP contribution is 2.23. The van der Waals surface area contributed by atoms with E-state index in [-0.39, 0.29) is 0 Å². The number of nitrogens with zero attached hydrogens (tertiary/aromatic N) is 6. The third-order valence-corrected chi connectivity index (χ3v) is 5.37. The Morgan fingerprint density at radius 1 is 0.909 bits per heavy atom. The fourth-order valence-electron chi connectivity index (χ4n) is 3.75. The first kappa shape index (κ1) is 20.9. The molecular weight excluding hydrogens is 420 g/mol. The predicted octanol–water partition coefficient (Wildman–Crippen LogP) is 3.82. The number of para-hydroxylation sites is 1. The molecule has 5 aromatic rings. The van der Waals surface area contributed by atoms with Gasteiger partial charge in [0.2, 0.25) is 0 Å². The van der Waals surface area contributed by atoms with E-state index in [0.29, 0.717) is 24.5 Å². The molecular formula is C24H24N6O3. The number of ether oxygens (including phenoxy) is 1. The second kappa shape index (κ2) is 9.64. The van der Waals surface area contributed by atoms with Gasteiger partial charge in [-0.3, -0.25) is 4.68 Å². The fourth-order valence-corrected chi connectivity index (χ4v) is 3.75. The summed E-state index contributed by atoms with van der Waals surface area (Å²) in [6, 6.07) is 16.6. The van der Waals surface area contributed by atoms with Crippen molar-refractivity contribution in [2.75, 3.05) is 6.61 Å². The van der Waals surface area contributed by atoms with Gasteiger partial charge in [0.25, 0.3) is 0 Å². The number of aromatic nitrogens is 6. The third kappa shape index (κ3) is 5.08. The van der Waals surface area contributed by atoms with Crippen LogP contribution in [0.15, 0.2) is 70.0 Å². The summed E-state index contributed by atoms with van der Waals surface area (Å²) in [7, 11) is 0. The number of hydrogen-bond donors (Lipinski definition) is 0. The van der Waals surface area contributed by atoms with Crippen LogP contribution in [0, 0.1) is 0 Å². The normalized spacial score (nSPS) is 11.4. The SMILES string of the molecule is O=c1cc(OCCCCCCn2cc(Cn3nc4ccccc4n3)nn2)c2ccccc2o1. The van der Waals surface area contributed by atoms with Crippen LogP contribution >= 0.6 is 0 Å². The molecule has 33 heavy (non-hydrogen) atoms. The Hall–Kier alpha value is -4.01. The Balaban J connectivity index is 1.04. The van der Waals surface area contributed by atoms with Gasteiger partial charge in [-0.05, 0) is 43.5 Å². The molecule has 9 nitrogen and oxygen atoms in total. The first-order chi connectivity index (χ1) is 16.2. The molecule has 168 valence electrons. The number of rotatable bonds is 10. The summed E-state index contributed by atoms with van der Waals surface area (Å²) in [5, 5.41) is 18.2. The summed E-state index contributed by atoms with van der Waals surface area (Å²) in [5.74, 6) is 0.580. The Labute approximate surface area is 189 Å². The molecule has 0 N–H and O–H groups in total. The molecule has 5 rings (SSSR count). The van der Waals surface area contributed by atoms with Crippen LogP contribution in [-0.4, -0.2) is 36.6 Å². The van der Waals surface area contributed by atoms with Crippen molar-refractivity contribution in [2.24, 2.45) is 0 Å². The molecule has 3 heterocycles. The molecule has 0 atom stereocenters. The number of hydrogen-bond acceptors (Lipinski definition) is 7. The van der Waals surface area contributed by atoms with E-state index in [4.69, 9.17) is 9.15 Å². The van der Waals surface area contributed by atoms with E-state index in [2.05, 4.69) is 20.5 Å². The van der Waals surface area contributed by atoms with Crippen molar-refractivity contribution >= 4 is 22.0 Å². The van der Waals surface area contributed by atoms with Crippen LogP contribution in [0.25, 0.3) is 22.0 Å². The van der Waals surface area contributed by atoms with Crippen molar-refractivity contribution in [1.29, 1.82) is 0 Å². The zero-order valence-electron chi connectivity index (χ0n) is 18.1. The van der Waals surface area contributed by atoms with Crippen LogP contribution in [-0.2, 0) is 13.1 Å². The van der Waals surface area contributed by atoms with Gasteiger partial charge in [-0.15, -0.1) is 5.10 Å². The highest BCUT2D eigenvalue weighted by molar-refractivity contribution is 5.82. The van der Waals surface area contributed by atoms with E-state index in [1.165, 1.54) is 6.07 Å². The number of unbranched alkanes of at least 4 members (excludes halogenated alkanes) is 3. The third-order valence-electron chi connectivity index (χ3n) is 5.37. The van der Waals surface area contributed by atoms with Crippen LogP contribution in [0.4, 0.5) is 0 Å². The highest BCUT2D eigenvalue weighted by Gasteiger charge is 2.07. The number of fused-ring (bicyclic) bond motifs is 2. The standard InChI is InChI=1S/C24H24N6O3/c31-24-15-23(19-9-3-6-12-22(19)33-24)32-14-8-2-1-7-13-29-16-18(25-28-29)17-30-26-20-10-4-5-11-21(20)27-30/h3-6,9-12,15-16H,1-2,7-8,13-14,17H2. The molecule has 0 saturated carbocycles. The van der Waals surface area contributed by atoms with Crippen molar-refractivity contribution in [3.63, 3.8) is 0 Å². The van der Waals surface area contributed by atoms with E-state index in [1.54, 1.807) is 10.9 Å². The molecule has 0 aliphatic rings. The molecule has 0 bridgehead atoms. The molecule has 0 aliphatic heterocycles. The smallest absolute Gasteiger partial charge is 0.339 e. The van der Waals surface area contributed by atoms with E-state index in [1.807, 2.05) is 53.3 Å². The minimum absolute atomic E-state index is 0.396. The summed E-state index contributed by atoms with van der Waals surface area (Å²) in [6.07, 6.45) is 5.95. The van der Waals surface area contributed by atoms with Gasteiger partial charge in [-0.2, -0.15) is 15.0 Å². The quantitative estimate of drug-likeness (QED) is 0.238. The zero-order chi connectivity index (χ0) is 22.5. The van der Waals surface area contributed by atoms with Gasteiger partial charge in [-0.25, -0.2) is 4.79 Å². The van der Waals surface area contributed by atoms with Gasteiger partial charge in [0.15, 0.2) is 0 Å². The summed E-state index contributed by atoms with van der Waals surface area (Å²) >= 11 is 0. The summed E-state index contributed by atoms with van der Waals surface area (Å²) in [4.78, 5) is 13.3. The van der Waals surface area contributed by atoms with Crippen LogP contribution in [0.5, 0.6) is 5.75 Å². The average molecular weight is 444 g/mol. The predicted molar refractivity (Wildman–Crippen MR) is 123 cm³/mol. The van der Waals surface area contributed by atoms with E-state index < -0.39 is 5.63 Å². The van der Waals surface area contributed by atoms with Crippen LogP contribution in [0.2, 0.25) is 0 Å². The molecule has 3 aromatic heterocycles. The lowest BCUT2D eigenvalue weighted by atomic mass is 10.2. The molecule has 0 radical (unpaired) electrons. The van der Waals surface area contributed by atoms with Crippen molar-refractivity contribution < 1.29 is 9.15 Å². The molecule has 0 saturated heterocycles. The zero-order valence-corrected chi connectivity index (χ0v) is 18.1. The number of benzene rings is 2. The van der Waals surface area contributed by atoms with Crippen molar-refractivity contribution in [3.8, 4) is 5.75 Å². The molecule has 0 amide bonds. The lowest BCUT2D eigenvalue weighted by molar-refractivity contribution is 0.305. The molecule has 9 heteroatoms. The van der Waals surface area contributed by atoms with Crippen LogP contribution in [0.1, 0.15) is 31.4 Å². The van der Waals surface area contributed by atoms with Crippen molar-refractivity contribution in [1.82, 2.24) is 30.0 Å². The Bertz CT molecular complexity index is 1390. The van der Waals surface area contributed by atoms with E-state index >= 15 is 0 Å². The Kier molecular flexibility index (Phi) is 6.10. The molecule has 0 spiro atoms. The molecule has 0 unspecified atom stereocenters. The average Bonchev–Trinajstić information content (AvgIpc) is 3.44. The van der Waals surface area contributed by atoms with Crippen LogP contribution < -0.4 is 10.4 Å². The van der Waals surface area contributed by atoms with Gasteiger partial charge < -0.3 is 9.15 Å². The minimum Gasteiger partial charge on any atom is -0.493 e. The molecule has 2 aromatic carbocycles. The van der Waals surface area contributed by atoms with Gasteiger partial charge in [0.05, 0.1) is 24.3 Å². The van der Waals surface area contributed by atoms with Crippen molar-refractivity contribution in [2.45, 2.75) is 38.8 Å².